The summed E-state index contributed by atoms with van der Waals surface area (Å²) in [6.07, 6.45) is 0.263. The molecule has 21 heavy (non-hydrogen) atoms. The number of nitrogens with zero attached hydrogens (tertiary/aromatic N) is 1. The molecule has 0 aliphatic rings. The van der Waals surface area contributed by atoms with Gasteiger partial charge in [0.15, 0.2) is 0 Å². The Morgan fingerprint density at radius 2 is 2.05 bits per heavy atom. The average Bonchev–Trinajstić information content (AvgIpc) is 2.46. The van der Waals surface area contributed by atoms with Crippen LogP contribution >= 0.6 is 0 Å². The molecule has 0 saturated carbocycles. The van der Waals surface area contributed by atoms with Crippen molar-refractivity contribution in [2.75, 3.05) is 13.7 Å². The van der Waals surface area contributed by atoms with Crippen LogP contribution in [0.1, 0.15) is 50.3 Å². The van der Waals surface area contributed by atoms with Crippen LogP contribution in [0.3, 0.4) is 0 Å². The second-order valence-corrected chi connectivity index (χ2v) is 5.09. The predicted molar refractivity (Wildman–Crippen MR) is 76.0 cm³/mol. The van der Waals surface area contributed by atoms with E-state index in [4.69, 9.17) is 4.74 Å². The molecular weight excluding hydrogens is 281 g/mol. The number of hydrogen-bond acceptors (Lipinski definition) is 3. The van der Waals surface area contributed by atoms with Gasteiger partial charge in [-0.25, -0.2) is 0 Å². The van der Waals surface area contributed by atoms with E-state index in [2.05, 4.69) is 10.3 Å². The van der Waals surface area contributed by atoms with Gasteiger partial charge in [-0.15, -0.1) is 0 Å². The Labute approximate surface area is 123 Å². The van der Waals surface area contributed by atoms with Gasteiger partial charge >= 0.3 is 6.18 Å². The molecule has 0 spiro atoms. The van der Waals surface area contributed by atoms with Crippen LogP contribution < -0.4 is 5.32 Å². The van der Waals surface area contributed by atoms with Gasteiger partial charge in [0.1, 0.15) is 0 Å². The van der Waals surface area contributed by atoms with Crippen LogP contribution in [0, 0.1) is 0 Å². The van der Waals surface area contributed by atoms with Gasteiger partial charge in [-0.3, -0.25) is 4.98 Å². The Morgan fingerprint density at radius 1 is 1.33 bits per heavy atom. The monoisotopic (exact) mass is 304 g/mol. The minimum Gasteiger partial charge on any atom is -0.382 e. The van der Waals surface area contributed by atoms with Crippen LogP contribution in [0.15, 0.2) is 18.5 Å². The normalized spacial score (nSPS) is 15.0. The van der Waals surface area contributed by atoms with Crippen molar-refractivity contribution in [2.24, 2.45) is 0 Å². The number of nitrogens with one attached hydrogen (secondary N) is 1. The third-order valence-electron chi connectivity index (χ3n) is 3.44. The van der Waals surface area contributed by atoms with Crippen LogP contribution in [0.2, 0.25) is 0 Å². The summed E-state index contributed by atoms with van der Waals surface area (Å²) < 4.78 is 44.5. The fraction of sp³-hybridized carbons (Fsp3) is 0.667. The van der Waals surface area contributed by atoms with Crippen molar-refractivity contribution in [1.29, 1.82) is 0 Å². The van der Waals surface area contributed by atoms with Gasteiger partial charge in [-0.1, -0.05) is 6.92 Å². The molecule has 0 aliphatic carbocycles. The molecule has 0 saturated heterocycles. The number of aromatic nitrogens is 1. The number of rotatable bonds is 8. The average molecular weight is 304 g/mol. The highest BCUT2D eigenvalue weighted by Crippen LogP contribution is 2.35. The summed E-state index contributed by atoms with van der Waals surface area (Å²) in [5.41, 5.74) is -0.405. The molecule has 0 radical (unpaired) electrons. The van der Waals surface area contributed by atoms with Crippen LogP contribution in [0.5, 0.6) is 0 Å². The molecule has 3 nitrogen and oxygen atoms in total. The van der Waals surface area contributed by atoms with Gasteiger partial charge in [0.25, 0.3) is 0 Å². The Kier molecular flexibility index (Phi) is 7.11. The lowest BCUT2D eigenvalue weighted by Crippen LogP contribution is -2.26. The van der Waals surface area contributed by atoms with Gasteiger partial charge in [-0.05, 0) is 44.4 Å². The van der Waals surface area contributed by atoms with Gasteiger partial charge in [0.2, 0.25) is 0 Å². The van der Waals surface area contributed by atoms with E-state index in [1.165, 1.54) is 12.4 Å². The largest absolute Gasteiger partial charge is 0.416 e. The maximum absolute atomic E-state index is 13.1. The Hall–Kier alpha value is -1.14. The molecule has 1 heterocycles. The van der Waals surface area contributed by atoms with Crippen LogP contribution in [0.4, 0.5) is 13.2 Å². The van der Waals surface area contributed by atoms with Crippen molar-refractivity contribution in [3.8, 4) is 0 Å². The molecule has 2 atom stereocenters. The highest BCUT2D eigenvalue weighted by atomic mass is 19.4. The smallest absolute Gasteiger partial charge is 0.382 e. The van der Waals surface area contributed by atoms with E-state index < -0.39 is 11.7 Å². The second kappa shape index (κ2) is 8.34. The minimum absolute atomic E-state index is 0.0157. The maximum atomic E-state index is 13.1. The Morgan fingerprint density at radius 3 is 2.62 bits per heavy atom. The summed E-state index contributed by atoms with van der Waals surface area (Å²) in [5.74, 6) is 0. The minimum atomic E-state index is -4.36. The van der Waals surface area contributed by atoms with Crippen LogP contribution in [0.25, 0.3) is 0 Å². The molecule has 1 rings (SSSR count). The molecule has 0 amide bonds. The first-order valence-electron chi connectivity index (χ1n) is 7.17. The number of alkyl halides is 3. The third kappa shape index (κ3) is 5.63. The molecule has 0 bridgehead atoms. The van der Waals surface area contributed by atoms with Crippen LogP contribution in [-0.2, 0) is 10.9 Å². The predicted octanol–water partition coefficient (Wildman–Crippen LogP) is 3.96. The van der Waals surface area contributed by atoms with E-state index in [0.29, 0.717) is 19.4 Å². The van der Waals surface area contributed by atoms with Crippen molar-refractivity contribution in [2.45, 2.75) is 51.4 Å². The number of pyridine rings is 1. The quantitative estimate of drug-likeness (QED) is 0.789. The summed E-state index contributed by atoms with van der Waals surface area (Å²) >= 11 is 0. The molecule has 2 unspecified atom stereocenters. The van der Waals surface area contributed by atoms with Gasteiger partial charge in [-0.2, -0.15) is 13.2 Å². The van der Waals surface area contributed by atoms with Crippen molar-refractivity contribution >= 4 is 0 Å². The molecule has 0 aromatic carbocycles. The molecule has 1 N–H and O–H groups in total. The number of ether oxygens (including phenoxy) is 1. The lowest BCUT2D eigenvalue weighted by molar-refractivity contribution is -0.138. The third-order valence-corrected chi connectivity index (χ3v) is 3.44. The van der Waals surface area contributed by atoms with E-state index in [0.717, 1.165) is 12.5 Å². The van der Waals surface area contributed by atoms with Crippen molar-refractivity contribution in [1.82, 2.24) is 10.3 Å². The van der Waals surface area contributed by atoms with E-state index in [1.54, 1.807) is 7.11 Å². The SMILES string of the molecule is CCCNC(CCC(C)OC)c1cnccc1C(F)(F)F. The van der Waals surface area contributed by atoms with Gasteiger partial charge in [0, 0.05) is 25.5 Å². The molecule has 6 heteroatoms. The zero-order valence-corrected chi connectivity index (χ0v) is 12.7. The Balaban J connectivity index is 2.97. The first-order valence-corrected chi connectivity index (χ1v) is 7.17. The Bertz CT molecular complexity index is 424. The first-order chi connectivity index (χ1) is 9.90. The lowest BCUT2D eigenvalue weighted by Gasteiger charge is -2.23. The zero-order chi connectivity index (χ0) is 15.9. The first kappa shape index (κ1) is 17.9. The fourth-order valence-corrected chi connectivity index (χ4v) is 2.15. The van der Waals surface area contributed by atoms with E-state index >= 15 is 0 Å². The summed E-state index contributed by atoms with van der Waals surface area (Å²) in [6.45, 7) is 4.55. The number of halogens is 3. The maximum Gasteiger partial charge on any atom is 0.416 e. The summed E-state index contributed by atoms with van der Waals surface area (Å²) in [5, 5.41) is 3.18. The second-order valence-electron chi connectivity index (χ2n) is 5.09. The fourth-order valence-electron chi connectivity index (χ4n) is 2.15. The van der Waals surface area contributed by atoms with Crippen molar-refractivity contribution in [3.63, 3.8) is 0 Å². The van der Waals surface area contributed by atoms with Crippen LogP contribution in [-0.4, -0.2) is 24.7 Å². The number of methoxy groups -OCH3 is 1. The van der Waals surface area contributed by atoms with E-state index in [-0.39, 0.29) is 17.7 Å². The topological polar surface area (TPSA) is 34.1 Å². The summed E-state index contributed by atoms with van der Waals surface area (Å²) in [7, 11) is 1.60. The van der Waals surface area contributed by atoms with E-state index in [9.17, 15) is 13.2 Å². The van der Waals surface area contributed by atoms with Gasteiger partial charge < -0.3 is 10.1 Å². The zero-order valence-electron chi connectivity index (χ0n) is 12.7. The highest BCUT2D eigenvalue weighted by molar-refractivity contribution is 5.29. The van der Waals surface area contributed by atoms with E-state index in [1.807, 2.05) is 13.8 Å². The summed E-state index contributed by atoms with van der Waals surface area (Å²) in [6, 6.07) is 0.670. The molecule has 120 valence electrons. The molecule has 0 aliphatic heterocycles. The molecule has 1 aromatic rings. The van der Waals surface area contributed by atoms with Crippen molar-refractivity contribution < 1.29 is 17.9 Å². The summed E-state index contributed by atoms with van der Waals surface area (Å²) in [4.78, 5) is 3.86. The standard InChI is InChI=1S/C15H23F3N2O/c1-4-8-20-14(6-5-11(2)21-3)12-10-19-9-7-13(12)15(16,17)18/h7,9-11,14,20H,4-6,8H2,1-3H3. The number of hydrogen-bond donors (Lipinski definition) is 1. The molecule has 1 aromatic heterocycles. The molecule has 0 fully saturated rings. The lowest BCUT2D eigenvalue weighted by atomic mass is 9.97. The van der Waals surface area contributed by atoms with Gasteiger partial charge in [0.05, 0.1) is 11.7 Å². The molecular formula is C15H23F3N2O. The van der Waals surface area contributed by atoms with Crippen molar-refractivity contribution in [3.05, 3.63) is 29.6 Å². The highest BCUT2D eigenvalue weighted by Gasteiger charge is 2.35.